The number of carbonyl (C=O) groups excluding carboxylic acids is 2. The molecule has 0 saturated carbocycles. The first kappa shape index (κ1) is 27.0. The van der Waals surface area contributed by atoms with Crippen LogP contribution in [0.2, 0.25) is 5.02 Å². The quantitative estimate of drug-likeness (QED) is 0.457. The van der Waals surface area contributed by atoms with Crippen LogP contribution in [0.1, 0.15) is 24.0 Å². The van der Waals surface area contributed by atoms with Crippen LogP contribution in [-0.2, 0) is 29.0 Å². The van der Waals surface area contributed by atoms with Gasteiger partial charge in [-0.05, 0) is 43.0 Å². The second kappa shape index (κ2) is 13.5. The molecule has 1 atom stereocenters. The van der Waals surface area contributed by atoms with E-state index < -0.39 is 11.7 Å². The van der Waals surface area contributed by atoms with Gasteiger partial charge in [0.05, 0.1) is 13.2 Å². The van der Waals surface area contributed by atoms with E-state index in [-0.39, 0.29) is 44.0 Å². The molecule has 0 fully saturated rings. The Hall–Kier alpha value is -4.05. The molecule has 2 heterocycles. The number of hydrogen-bond acceptors (Lipinski definition) is 7. The smallest absolute Gasteiger partial charge is 0.407 e. The number of aromatic nitrogens is 2. The highest BCUT2D eigenvalue weighted by atomic mass is 35.5. The number of nitrogens with zero attached hydrogens (tertiary/aromatic N) is 2. The van der Waals surface area contributed by atoms with Gasteiger partial charge in [-0.3, -0.25) is 9.59 Å². The van der Waals surface area contributed by atoms with E-state index in [9.17, 15) is 14.4 Å². The number of cyclic esters (lactones) is 1. The van der Waals surface area contributed by atoms with Gasteiger partial charge in [-0.2, -0.15) is 0 Å². The van der Waals surface area contributed by atoms with Crippen LogP contribution >= 0.6 is 11.6 Å². The molecular formula is C27H30ClN5O5. The first-order valence-corrected chi connectivity index (χ1v) is 12.8. The maximum atomic E-state index is 13.1. The van der Waals surface area contributed by atoms with E-state index >= 15 is 0 Å². The van der Waals surface area contributed by atoms with Gasteiger partial charge in [0.2, 0.25) is 5.91 Å². The van der Waals surface area contributed by atoms with Crippen molar-refractivity contribution in [2.75, 3.05) is 25.1 Å². The Kier molecular flexibility index (Phi) is 9.58. The summed E-state index contributed by atoms with van der Waals surface area (Å²) in [4.78, 5) is 42.3. The van der Waals surface area contributed by atoms with Crippen LogP contribution in [0.5, 0.6) is 5.75 Å². The monoisotopic (exact) mass is 539 g/mol. The Morgan fingerprint density at radius 3 is 2.61 bits per heavy atom. The molecule has 38 heavy (non-hydrogen) atoms. The molecule has 4 rings (SSSR count). The highest BCUT2D eigenvalue weighted by molar-refractivity contribution is 6.30. The zero-order valence-corrected chi connectivity index (χ0v) is 21.6. The number of anilines is 1. The lowest BCUT2D eigenvalue weighted by molar-refractivity contribution is -0.121. The summed E-state index contributed by atoms with van der Waals surface area (Å²) in [6.45, 7) is 0.835. The van der Waals surface area contributed by atoms with Crippen molar-refractivity contribution in [1.82, 2.24) is 20.2 Å². The van der Waals surface area contributed by atoms with E-state index in [1.54, 1.807) is 18.2 Å². The molecular weight excluding hydrogens is 510 g/mol. The van der Waals surface area contributed by atoms with Crippen molar-refractivity contribution < 1.29 is 19.1 Å². The molecule has 10 nitrogen and oxygen atoms in total. The van der Waals surface area contributed by atoms with Crippen LogP contribution in [0.4, 0.5) is 10.6 Å². The molecule has 3 N–H and O–H groups in total. The van der Waals surface area contributed by atoms with Crippen molar-refractivity contribution in [1.29, 1.82) is 0 Å². The van der Waals surface area contributed by atoms with Crippen LogP contribution < -0.4 is 26.2 Å². The second-order valence-electron chi connectivity index (χ2n) is 8.84. The van der Waals surface area contributed by atoms with Gasteiger partial charge in [0.15, 0.2) is 5.82 Å². The number of carbonyl (C=O) groups is 2. The summed E-state index contributed by atoms with van der Waals surface area (Å²) in [6.07, 6.45) is 4.17. The summed E-state index contributed by atoms with van der Waals surface area (Å²) in [5.41, 5.74) is 1.28. The first-order valence-electron chi connectivity index (χ1n) is 12.4. The molecule has 0 unspecified atom stereocenters. The Morgan fingerprint density at radius 1 is 1.00 bits per heavy atom. The molecule has 0 spiro atoms. The molecule has 2 bridgehead atoms. The molecule has 2 amide bonds. The van der Waals surface area contributed by atoms with E-state index in [1.807, 2.05) is 30.3 Å². The maximum absolute atomic E-state index is 13.1. The molecule has 1 aromatic heterocycles. The molecule has 0 saturated heterocycles. The Bertz CT molecular complexity index is 1300. The average molecular weight is 540 g/mol. The number of hydrogen-bond donors (Lipinski definition) is 3. The number of amides is 2. The molecule has 1 aliphatic heterocycles. The highest BCUT2D eigenvalue weighted by Gasteiger charge is 2.17. The standard InChI is InChI=1S/C27H30ClN5O5/c28-21-8-9-23-20(15-21)16-30-24(34)18-33-11-10-29-25(26(33)35)32-22(14-19-6-2-1-3-7-19)17-31-27(36)38-13-5-4-12-37-23/h1-3,6-11,15,22H,4-5,12-14,16-18H2,(H,29,32)(H,30,34)(H,31,36)/t22-/m0/s1. The van der Waals surface area contributed by atoms with E-state index in [4.69, 9.17) is 21.1 Å². The number of fused-ring (bicyclic) bond motifs is 3. The molecule has 0 aliphatic carbocycles. The third-order valence-electron chi connectivity index (χ3n) is 5.91. The van der Waals surface area contributed by atoms with Crippen LogP contribution in [-0.4, -0.2) is 47.4 Å². The van der Waals surface area contributed by atoms with Crippen LogP contribution in [0.25, 0.3) is 0 Å². The zero-order chi connectivity index (χ0) is 26.7. The van der Waals surface area contributed by atoms with Gasteiger partial charge in [0, 0.05) is 42.1 Å². The topological polar surface area (TPSA) is 124 Å². The lowest BCUT2D eigenvalue weighted by atomic mass is 10.1. The van der Waals surface area contributed by atoms with Crippen molar-refractivity contribution >= 4 is 29.4 Å². The SMILES string of the molecule is O=C1Cn2ccnc(c2=O)N[C@@H](Cc2ccccc2)CNC(=O)OCCCCOc2ccc(Cl)cc2CN1. The minimum absolute atomic E-state index is 0.0799. The molecule has 0 radical (unpaired) electrons. The highest BCUT2D eigenvalue weighted by Crippen LogP contribution is 2.23. The van der Waals surface area contributed by atoms with Gasteiger partial charge in [-0.1, -0.05) is 41.9 Å². The number of rotatable bonds is 2. The van der Waals surface area contributed by atoms with Gasteiger partial charge < -0.3 is 30.0 Å². The molecule has 3 aromatic rings. The first-order chi connectivity index (χ1) is 18.5. The maximum Gasteiger partial charge on any atom is 0.407 e. The molecule has 11 heteroatoms. The number of ether oxygens (including phenoxy) is 2. The minimum Gasteiger partial charge on any atom is -0.493 e. The van der Waals surface area contributed by atoms with E-state index in [1.165, 1.54) is 17.0 Å². The van der Waals surface area contributed by atoms with Crippen molar-refractivity contribution in [2.45, 2.75) is 38.4 Å². The normalized spacial score (nSPS) is 17.4. The lowest BCUT2D eigenvalue weighted by Gasteiger charge is -2.20. The number of halogens is 1. The fourth-order valence-corrected chi connectivity index (χ4v) is 4.17. The van der Waals surface area contributed by atoms with E-state index in [0.717, 1.165) is 5.56 Å². The van der Waals surface area contributed by atoms with Crippen LogP contribution in [0.15, 0.2) is 65.7 Å². The predicted molar refractivity (Wildman–Crippen MR) is 143 cm³/mol. The van der Waals surface area contributed by atoms with E-state index in [0.29, 0.717) is 42.2 Å². The summed E-state index contributed by atoms with van der Waals surface area (Å²) < 4.78 is 12.5. The minimum atomic E-state index is -0.546. The summed E-state index contributed by atoms with van der Waals surface area (Å²) in [5.74, 6) is 0.325. The van der Waals surface area contributed by atoms with Gasteiger partial charge in [-0.25, -0.2) is 9.78 Å². The van der Waals surface area contributed by atoms with Crippen molar-refractivity contribution in [2.24, 2.45) is 0 Å². The summed E-state index contributed by atoms with van der Waals surface area (Å²) in [5, 5.41) is 9.24. The summed E-state index contributed by atoms with van der Waals surface area (Å²) in [7, 11) is 0. The van der Waals surface area contributed by atoms with Gasteiger partial charge in [0.1, 0.15) is 12.3 Å². The largest absolute Gasteiger partial charge is 0.493 e. The fourth-order valence-electron chi connectivity index (χ4n) is 3.98. The van der Waals surface area contributed by atoms with Crippen LogP contribution in [0.3, 0.4) is 0 Å². The average Bonchev–Trinajstić information content (AvgIpc) is 2.91. The number of alkyl carbamates (subject to hydrolysis) is 1. The van der Waals surface area contributed by atoms with Crippen LogP contribution in [0, 0.1) is 0 Å². The lowest BCUT2D eigenvalue weighted by Crippen LogP contribution is -2.40. The molecule has 200 valence electrons. The number of benzene rings is 2. The fraction of sp³-hybridized carbons (Fsp3) is 0.333. The third-order valence-corrected chi connectivity index (χ3v) is 6.15. The zero-order valence-electron chi connectivity index (χ0n) is 20.8. The van der Waals surface area contributed by atoms with E-state index in [2.05, 4.69) is 20.9 Å². The summed E-state index contributed by atoms with van der Waals surface area (Å²) in [6, 6.07) is 14.5. The van der Waals surface area contributed by atoms with Crippen molar-refractivity contribution in [3.05, 3.63) is 87.4 Å². The van der Waals surface area contributed by atoms with Crippen molar-refractivity contribution in [3.8, 4) is 5.75 Å². The number of nitrogens with one attached hydrogen (secondary N) is 3. The Morgan fingerprint density at radius 2 is 1.79 bits per heavy atom. The Labute approximate surface area is 225 Å². The molecule has 2 aromatic carbocycles. The van der Waals surface area contributed by atoms with Crippen molar-refractivity contribution in [3.63, 3.8) is 0 Å². The second-order valence-corrected chi connectivity index (χ2v) is 9.28. The molecule has 1 aliphatic rings. The third kappa shape index (κ3) is 7.97. The predicted octanol–water partition coefficient (Wildman–Crippen LogP) is 3.14. The van der Waals surface area contributed by atoms with Gasteiger partial charge in [0.25, 0.3) is 5.56 Å². The Balaban J connectivity index is 1.54. The summed E-state index contributed by atoms with van der Waals surface area (Å²) >= 11 is 6.15. The van der Waals surface area contributed by atoms with Gasteiger partial charge in [-0.15, -0.1) is 0 Å². The van der Waals surface area contributed by atoms with Gasteiger partial charge >= 0.3 is 6.09 Å².